The molecular weight excluding hydrogens is 408 g/mol. The Labute approximate surface area is 176 Å². The van der Waals surface area contributed by atoms with Crippen LogP contribution in [0.2, 0.25) is 0 Å². The number of carbonyl (C=O) groups excluding carboxylic acids is 1. The molecule has 2 N–H and O–H groups in total. The summed E-state index contributed by atoms with van der Waals surface area (Å²) in [6.07, 6.45) is -0.443. The fourth-order valence-corrected chi connectivity index (χ4v) is 4.66. The number of hydrogen-bond donors (Lipinski definition) is 2. The van der Waals surface area contributed by atoms with Crippen LogP contribution < -0.4 is 14.8 Å². The smallest absolute Gasteiger partial charge is 0.251 e. The zero-order chi connectivity index (χ0) is 21.7. The van der Waals surface area contributed by atoms with Gasteiger partial charge in [0, 0.05) is 25.2 Å². The predicted molar refractivity (Wildman–Crippen MR) is 111 cm³/mol. The highest BCUT2D eigenvalue weighted by Crippen LogP contribution is 2.34. The van der Waals surface area contributed by atoms with Crippen LogP contribution in [0.5, 0.6) is 11.5 Å². The summed E-state index contributed by atoms with van der Waals surface area (Å²) in [6, 6.07) is 11.1. The van der Waals surface area contributed by atoms with Gasteiger partial charge in [-0.3, -0.25) is 4.79 Å². The molecule has 1 atom stereocenters. The van der Waals surface area contributed by atoms with Gasteiger partial charge in [-0.1, -0.05) is 19.9 Å². The lowest BCUT2D eigenvalue weighted by Crippen LogP contribution is -2.30. The summed E-state index contributed by atoms with van der Waals surface area (Å²) < 4.78 is 36.9. The standard InChI is InChI=1S/C21H26N2O6S/c1-3-23(4-2)30(26,27)17-8-5-15(6-9-17)21(25)22-12-11-18(24)16-7-10-19-20(13-16)29-14-28-19/h5-10,13,18,24H,3-4,11-12,14H2,1-2H3,(H,22,25)/t18-/m0/s1. The second kappa shape index (κ2) is 9.46. The van der Waals surface area contributed by atoms with Crippen molar-refractivity contribution in [3.63, 3.8) is 0 Å². The van der Waals surface area contributed by atoms with Crippen molar-refractivity contribution in [1.82, 2.24) is 9.62 Å². The monoisotopic (exact) mass is 434 g/mol. The number of benzene rings is 2. The molecule has 1 aliphatic rings. The maximum atomic E-state index is 12.5. The van der Waals surface area contributed by atoms with Crippen LogP contribution in [0.25, 0.3) is 0 Å². The number of rotatable bonds is 9. The fraction of sp³-hybridized carbons (Fsp3) is 0.381. The molecular formula is C21H26N2O6S. The van der Waals surface area contributed by atoms with Gasteiger partial charge in [0.15, 0.2) is 11.5 Å². The predicted octanol–water partition coefficient (Wildman–Crippen LogP) is 2.30. The fourth-order valence-electron chi connectivity index (χ4n) is 3.20. The first kappa shape index (κ1) is 22.1. The summed E-state index contributed by atoms with van der Waals surface area (Å²) in [6.45, 7) is 4.75. The number of sulfonamides is 1. The maximum Gasteiger partial charge on any atom is 0.251 e. The highest BCUT2D eigenvalue weighted by Gasteiger charge is 2.22. The molecule has 2 aromatic carbocycles. The Balaban J connectivity index is 1.55. The Hall–Kier alpha value is -2.62. The SMILES string of the molecule is CCN(CC)S(=O)(=O)c1ccc(C(=O)NCC[C@H](O)c2ccc3c(c2)OCO3)cc1. The van der Waals surface area contributed by atoms with Crippen LogP contribution in [0.3, 0.4) is 0 Å². The molecule has 2 aromatic rings. The van der Waals surface area contributed by atoms with E-state index in [2.05, 4.69) is 5.32 Å². The first-order valence-electron chi connectivity index (χ1n) is 9.82. The zero-order valence-corrected chi connectivity index (χ0v) is 17.8. The molecule has 8 nitrogen and oxygen atoms in total. The minimum atomic E-state index is -3.56. The Bertz CT molecular complexity index is 987. The second-order valence-corrected chi connectivity index (χ2v) is 8.72. The van der Waals surface area contributed by atoms with Gasteiger partial charge in [0.05, 0.1) is 11.0 Å². The Kier molecular flexibility index (Phi) is 6.96. The third-order valence-electron chi connectivity index (χ3n) is 4.94. The minimum Gasteiger partial charge on any atom is -0.454 e. The number of nitrogens with zero attached hydrogens (tertiary/aromatic N) is 1. The van der Waals surface area contributed by atoms with E-state index < -0.39 is 16.1 Å². The number of amides is 1. The van der Waals surface area contributed by atoms with Gasteiger partial charge in [-0.25, -0.2) is 8.42 Å². The van der Waals surface area contributed by atoms with Crippen molar-refractivity contribution in [2.75, 3.05) is 26.4 Å². The van der Waals surface area contributed by atoms with Gasteiger partial charge >= 0.3 is 0 Å². The summed E-state index contributed by atoms with van der Waals surface area (Å²) in [5.74, 6) is 0.903. The quantitative estimate of drug-likeness (QED) is 0.627. The summed E-state index contributed by atoms with van der Waals surface area (Å²) >= 11 is 0. The average Bonchev–Trinajstić information content (AvgIpc) is 3.22. The van der Waals surface area contributed by atoms with Crippen molar-refractivity contribution in [1.29, 1.82) is 0 Å². The van der Waals surface area contributed by atoms with Crippen molar-refractivity contribution in [2.45, 2.75) is 31.3 Å². The summed E-state index contributed by atoms with van der Waals surface area (Å²) in [4.78, 5) is 12.5. The van der Waals surface area contributed by atoms with Gasteiger partial charge in [-0.15, -0.1) is 0 Å². The van der Waals surface area contributed by atoms with E-state index in [1.165, 1.54) is 28.6 Å². The number of carbonyl (C=O) groups is 1. The van der Waals surface area contributed by atoms with E-state index in [0.29, 0.717) is 42.1 Å². The lowest BCUT2D eigenvalue weighted by atomic mass is 10.1. The molecule has 30 heavy (non-hydrogen) atoms. The van der Waals surface area contributed by atoms with E-state index in [-0.39, 0.29) is 24.1 Å². The van der Waals surface area contributed by atoms with E-state index in [9.17, 15) is 18.3 Å². The van der Waals surface area contributed by atoms with Gasteiger partial charge in [-0.2, -0.15) is 4.31 Å². The van der Waals surface area contributed by atoms with Gasteiger partial charge in [-0.05, 0) is 48.4 Å². The van der Waals surface area contributed by atoms with Crippen molar-refractivity contribution in [3.05, 3.63) is 53.6 Å². The summed E-state index contributed by atoms with van der Waals surface area (Å²) in [7, 11) is -3.56. The number of ether oxygens (including phenoxy) is 2. The van der Waals surface area contributed by atoms with E-state index in [1.807, 2.05) is 0 Å². The molecule has 3 rings (SSSR count). The van der Waals surface area contributed by atoms with Crippen LogP contribution in [0.4, 0.5) is 0 Å². The molecule has 0 spiro atoms. The molecule has 0 fully saturated rings. The molecule has 0 bridgehead atoms. The van der Waals surface area contributed by atoms with E-state index in [0.717, 1.165) is 0 Å². The third-order valence-corrected chi connectivity index (χ3v) is 7.01. The topological polar surface area (TPSA) is 105 Å². The first-order valence-corrected chi connectivity index (χ1v) is 11.3. The number of aliphatic hydroxyl groups excluding tert-OH is 1. The van der Waals surface area contributed by atoms with Crippen LogP contribution in [-0.2, 0) is 10.0 Å². The van der Waals surface area contributed by atoms with Crippen molar-refractivity contribution in [2.24, 2.45) is 0 Å². The van der Waals surface area contributed by atoms with Crippen LogP contribution in [-0.4, -0.2) is 50.2 Å². The van der Waals surface area contributed by atoms with Crippen LogP contribution in [0, 0.1) is 0 Å². The van der Waals surface area contributed by atoms with Crippen LogP contribution in [0.1, 0.15) is 42.3 Å². The highest BCUT2D eigenvalue weighted by molar-refractivity contribution is 7.89. The van der Waals surface area contributed by atoms with Gasteiger partial charge in [0.2, 0.25) is 16.8 Å². The molecule has 1 amide bonds. The lowest BCUT2D eigenvalue weighted by Gasteiger charge is -2.18. The van der Waals surface area contributed by atoms with Crippen molar-refractivity contribution >= 4 is 15.9 Å². The Morgan fingerprint density at radius 2 is 1.77 bits per heavy atom. The average molecular weight is 435 g/mol. The normalized spacial score (nSPS) is 14.0. The van der Waals surface area contributed by atoms with Crippen molar-refractivity contribution in [3.8, 4) is 11.5 Å². The molecule has 162 valence electrons. The van der Waals surface area contributed by atoms with E-state index in [4.69, 9.17) is 9.47 Å². The molecule has 0 saturated heterocycles. The number of aliphatic hydroxyl groups is 1. The number of nitrogens with one attached hydrogen (secondary N) is 1. The molecule has 0 unspecified atom stereocenters. The Morgan fingerprint density at radius 1 is 1.10 bits per heavy atom. The molecule has 0 aliphatic carbocycles. The number of hydrogen-bond acceptors (Lipinski definition) is 6. The molecule has 9 heteroatoms. The highest BCUT2D eigenvalue weighted by atomic mass is 32.2. The molecule has 1 heterocycles. The second-order valence-electron chi connectivity index (χ2n) is 6.79. The van der Waals surface area contributed by atoms with E-state index in [1.54, 1.807) is 32.0 Å². The maximum absolute atomic E-state index is 12.5. The molecule has 1 aliphatic heterocycles. The van der Waals surface area contributed by atoms with Crippen LogP contribution in [0.15, 0.2) is 47.4 Å². The number of fused-ring (bicyclic) bond motifs is 1. The van der Waals surface area contributed by atoms with Crippen LogP contribution >= 0.6 is 0 Å². The van der Waals surface area contributed by atoms with Gasteiger partial charge < -0.3 is 19.9 Å². The summed E-state index contributed by atoms with van der Waals surface area (Å²) in [5, 5.41) is 13.1. The molecule has 0 saturated carbocycles. The summed E-state index contributed by atoms with van der Waals surface area (Å²) in [5.41, 5.74) is 1.03. The Morgan fingerprint density at radius 3 is 2.43 bits per heavy atom. The van der Waals surface area contributed by atoms with Crippen molar-refractivity contribution < 1.29 is 27.8 Å². The minimum absolute atomic E-state index is 0.154. The molecule has 0 aromatic heterocycles. The zero-order valence-electron chi connectivity index (χ0n) is 17.0. The van der Waals surface area contributed by atoms with Gasteiger partial charge in [0.1, 0.15) is 0 Å². The molecule has 0 radical (unpaired) electrons. The third kappa shape index (κ3) is 4.75. The van der Waals surface area contributed by atoms with Gasteiger partial charge in [0.25, 0.3) is 5.91 Å². The largest absolute Gasteiger partial charge is 0.454 e. The first-order chi connectivity index (χ1) is 14.4. The lowest BCUT2D eigenvalue weighted by molar-refractivity contribution is 0.0942. The van der Waals surface area contributed by atoms with E-state index >= 15 is 0 Å².